The summed E-state index contributed by atoms with van der Waals surface area (Å²) in [6, 6.07) is 162. The predicted molar refractivity (Wildman–Crippen MR) is 604 cm³/mol. The van der Waals surface area contributed by atoms with Crippen molar-refractivity contribution in [2.75, 3.05) is 4.90 Å². The monoisotopic (exact) mass is 1840 g/mol. The first-order chi connectivity index (χ1) is 72.0. The predicted octanol–water partition coefficient (Wildman–Crippen LogP) is 26.0. The maximum Gasteiger partial charge on any atom is 0.243 e. The molecule has 20 aromatic carbocycles. The average Bonchev–Trinajstić information content (AvgIpc) is 1.50. The Morgan fingerprint density at radius 2 is 0.503 bits per heavy atom. The number of rotatable bonds is 6. The zero-order valence-electron chi connectivity index (χ0n) is 78.3. The smallest absolute Gasteiger partial charge is 0.243 e. The van der Waals surface area contributed by atoms with Crippen LogP contribution in [0.5, 0.6) is 11.5 Å². The summed E-state index contributed by atoms with van der Waals surface area (Å²) in [7, 11) is 0. The fourth-order valence-corrected chi connectivity index (χ4v) is 26.3. The van der Waals surface area contributed by atoms with Crippen LogP contribution in [-0.2, 0) is 5.41 Å². The van der Waals surface area contributed by atoms with Crippen LogP contribution in [0.2, 0.25) is 0 Å². The number of benzene rings is 20. The Morgan fingerprint density at radius 1 is 0.207 bits per heavy atom. The molecule has 0 N–H and O–H groups in total. The van der Waals surface area contributed by atoms with Crippen LogP contribution in [0.15, 0.2) is 480 Å². The Kier molecular flexibility index (Phi) is 17.7. The van der Waals surface area contributed by atoms with E-state index in [2.05, 4.69) is 398 Å². The Morgan fingerprint density at radius 3 is 0.903 bits per heavy atom. The molecule has 0 radical (unpaired) electrons. The van der Waals surface area contributed by atoms with E-state index in [0.717, 1.165) is 94.0 Å². The fourth-order valence-electron chi connectivity index (χ4n) is 26.3. The number of fused-ring (bicyclic) bond motifs is 45. The molecule has 33 rings (SSSR count). The quantitative estimate of drug-likeness (QED) is 0.120. The highest BCUT2D eigenvalue weighted by Crippen LogP contribution is 2.63. The molecule has 0 saturated carbocycles. The van der Waals surface area contributed by atoms with Gasteiger partial charge in [0, 0.05) is 91.6 Å². The van der Waals surface area contributed by atoms with E-state index < -0.39 is 0 Å². The molecular formula is C133H79B3N8O. The normalized spacial score (nSPS) is 13.2. The molecule has 0 bridgehead atoms. The van der Waals surface area contributed by atoms with Gasteiger partial charge in [-0.15, -0.1) is 0 Å². The lowest BCUT2D eigenvalue weighted by Crippen LogP contribution is -2.49. The third kappa shape index (κ3) is 11.7. The van der Waals surface area contributed by atoms with Crippen LogP contribution >= 0.6 is 0 Å². The number of ether oxygens (including phenoxy) is 1. The minimum atomic E-state index is -0.356. The van der Waals surface area contributed by atoms with E-state index in [1.807, 2.05) is 91.8 Å². The zero-order valence-corrected chi connectivity index (χ0v) is 78.3. The minimum Gasteiger partial charge on any atom is -0.453 e. The lowest BCUT2D eigenvalue weighted by molar-refractivity contribution is 0.477. The van der Waals surface area contributed by atoms with Crippen LogP contribution in [0.25, 0.3) is 192 Å². The van der Waals surface area contributed by atoms with Crippen LogP contribution in [0.3, 0.4) is 0 Å². The van der Waals surface area contributed by atoms with Crippen LogP contribution in [0.4, 0.5) is 17.1 Å². The molecule has 0 unspecified atom stereocenters. The summed E-state index contributed by atoms with van der Waals surface area (Å²) in [5, 5.41) is 16.9. The molecule has 0 atom stereocenters. The highest BCUT2D eigenvalue weighted by Gasteiger charge is 2.52. The number of para-hydroxylation sites is 6. The molecule has 12 heteroatoms. The molecule has 0 saturated heterocycles. The first-order valence-corrected chi connectivity index (χ1v) is 49.9. The van der Waals surface area contributed by atoms with Gasteiger partial charge in [-0.05, 0) is 224 Å². The van der Waals surface area contributed by atoms with Crippen molar-refractivity contribution >= 4 is 206 Å². The third-order valence-corrected chi connectivity index (χ3v) is 32.0. The maximum absolute atomic E-state index is 6.27. The molecule has 0 fully saturated rings. The Bertz CT molecular complexity index is 10000. The minimum absolute atomic E-state index is 0.0794. The van der Waals surface area contributed by atoms with Gasteiger partial charge in [0.05, 0.1) is 60.9 Å². The summed E-state index contributed by atoms with van der Waals surface area (Å²) in [5.74, 6) is 1.71. The molecule has 9 nitrogen and oxygen atoms in total. The van der Waals surface area contributed by atoms with Gasteiger partial charge in [-0.3, -0.25) is 29.9 Å². The lowest BCUT2D eigenvalue weighted by atomic mass is 9.38. The largest absolute Gasteiger partial charge is 0.453 e. The standard InChI is InChI=1S/C53H31BN2.C40H24BN3O.C40H24BN3/c1-5-17-44-35(11-1)36-12-2-6-18-45(36)53(44)46-19-7-3-13-37(46)38-26-23-33(31-47(38)53)32-21-24-34(25-22-32)54-48-20-8-4-14-39(48)41-28-27-40-42-15-9-29-55-51(42)52-43(16-10-30-56-52)49(40)50(41)54;1-2-12-32-27(9-1)29-22-21-28-30-10-7-23-42-39(30)40-31(11-8-24-43-40)37(28)38(29)41(32)25-17-19-26(20-18-25)44-33-13-3-5-15-35(33)45-36-16-6-4-14-34(36)44;1-4-14-34-27(9-1)31-22-21-30-32-12-7-23-42-39(32)40-33(13-8-24-43-40)37(30)38(31)41(34)25-17-19-26(20-18-25)44-35-15-5-2-10-28(35)29-11-3-6-16-36(29)44/h1-31H;1-24H;1-24H. The Labute approximate surface area is 835 Å². The van der Waals surface area contributed by atoms with Crippen molar-refractivity contribution in [2.45, 2.75) is 5.41 Å². The third-order valence-electron chi connectivity index (χ3n) is 32.0. The summed E-state index contributed by atoms with van der Waals surface area (Å²) >= 11 is 0. The maximum atomic E-state index is 6.27. The molecule has 666 valence electrons. The zero-order chi connectivity index (χ0) is 94.8. The van der Waals surface area contributed by atoms with Gasteiger partial charge in [0.1, 0.15) is 0 Å². The molecule has 145 heavy (non-hydrogen) atoms. The SMILES string of the molecule is c1ccc2c(c1)B(c1ccc(-c3ccc4c(c3)C3(c5ccccc5-c5ccccc53)c3ccccc3-4)cc1)c1c-2ccc2c3cccnc3c3ncccc3c12.c1ccc2c(c1)B(c1ccc(-n3c4ccccc4c4ccccc43)cc1)c1c-2ccc2c3cccnc3c3ncccc3c12.c1ccc2c(c1)Oc1ccccc1N2c1ccc(B2c3ccccc3-c3ccc4c5cccnc5c5ncccc5c4c32)cc1. The Hall–Kier alpha value is -18.8. The summed E-state index contributed by atoms with van der Waals surface area (Å²) < 4.78 is 8.66. The Balaban J connectivity index is 0.000000100. The molecule has 11 heterocycles. The van der Waals surface area contributed by atoms with Crippen molar-refractivity contribution in [3.05, 3.63) is 502 Å². The van der Waals surface area contributed by atoms with E-state index in [-0.39, 0.29) is 25.6 Å². The van der Waals surface area contributed by atoms with E-state index in [1.54, 1.807) is 0 Å². The number of aromatic nitrogens is 7. The van der Waals surface area contributed by atoms with Crippen molar-refractivity contribution < 1.29 is 4.74 Å². The number of pyridine rings is 6. The molecule has 4 aliphatic heterocycles. The van der Waals surface area contributed by atoms with E-state index in [1.165, 1.54) is 198 Å². The van der Waals surface area contributed by atoms with Crippen molar-refractivity contribution in [3.8, 4) is 83.9 Å². The summed E-state index contributed by atoms with van der Waals surface area (Å²) in [4.78, 5) is 31.3. The van der Waals surface area contributed by atoms with Crippen LogP contribution in [0, 0.1) is 0 Å². The van der Waals surface area contributed by atoms with Gasteiger partial charge in [-0.25, -0.2) is 0 Å². The molecular weight excluding hydrogens is 1760 g/mol. The van der Waals surface area contributed by atoms with E-state index in [4.69, 9.17) is 34.6 Å². The first-order valence-electron chi connectivity index (χ1n) is 49.9. The van der Waals surface area contributed by atoms with Gasteiger partial charge in [-0.1, -0.05) is 389 Å². The van der Waals surface area contributed by atoms with Crippen LogP contribution in [0.1, 0.15) is 22.3 Å². The number of hydrogen-bond acceptors (Lipinski definition) is 8. The number of anilines is 3. The van der Waals surface area contributed by atoms with E-state index >= 15 is 0 Å². The van der Waals surface area contributed by atoms with Crippen molar-refractivity contribution in [2.24, 2.45) is 0 Å². The summed E-state index contributed by atoms with van der Waals surface area (Å²) in [5.41, 5.74) is 45.1. The van der Waals surface area contributed by atoms with Gasteiger partial charge < -0.3 is 14.2 Å². The molecule has 2 aliphatic carbocycles. The number of hydrogen-bond donors (Lipinski definition) is 0. The second-order valence-corrected chi connectivity index (χ2v) is 39.0. The summed E-state index contributed by atoms with van der Waals surface area (Å²) in [6.07, 6.45) is 11.2. The molecule has 1 spiro atoms. The average molecular weight is 1840 g/mol. The summed E-state index contributed by atoms with van der Waals surface area (Å²) in [6.45, 7) is 0.270. The molecule has 27 aromatic rings. The number of nitrogens with zero attached hydrogens (tertiary/aromatic N) is 8. The molecule has 6 aliphatic rings. The highest BCUT2D eigenvalue weighted by atomic mass is 16.5. The van der Waals surface area contributed by atoms with Gasteiger partial charge in [0.2, 0.25) is 20.1 Å². The van der Waals surface area contributed by atoms with Crippen molar-refractivity contribution in [1.29, 1.82) is 0 Å². The van der Waals surface area contributed by atoms with Crippen LogP contribution in [-0.4, -0.2) is 54.6 Å². The van der Waals surface area contributed by atoms with E-state index in [9.17, 15) is 0 Å². The molecule has 0 amide bonds. The van der Waals surface area contributed by atoms with Gasteiger partial charge in [0.15, 0.2) is 11.5 Å². The second-order valence-electron chi connectivity index (χ2n) is 39.0. The van der Waals surface area contributed by atoms with Crippen molar-refractivity contribution in [1.82, 2.24) is 34.5 Å². The van der Waals surface area contributed by atoms with Gasteiger partial charge in [-0.2, -0.15) is 0 Å². The molecule has 7 aromatic heterocycles. The van der Waals surface area contributed by atoms with Crippen LogP contribution < -0.4 is 58.8 Å². The van der Waals surface area contributed by atoms with Gasteiger partial charge >= 0.3 is 0 Å². The highest BCUT2D eigenvalue weighted by molar-refractivity contribution is 7.02. The van der Waals surface area contributed by atoms with E-state index in [0.29, 0.717) is 0 Å². The fraction of sp³-hybridized carbons (Fsp3) is 0.00752. The topological polar surface area (TPSA) is 94.7 Å². The van der Waals surface area contributed by atoms with Gasteiger partial charge in [0.25, 0.3) is 0 Å². The first kappa shape index (κ1) is 81.1. The van der Waals surface area contributed by atoms with Crippen molar-refractivity contribution in [3.63, 3.8) is 0 Å². The lowest BCUT2D eigenvalue weighted by Gasteiger charge is -2.32. The second kappa shape index (κ2) is 31.6.